The van der Waals surface area contributed by atoms with E-state index in [1.54, 1.807) is 6.20 Å². The number of aliphatic carboxylic acids is 1. The molecule has 11 N–H and O–H groups in total. The Morgan fingerprint density at radius 2 is 1.47 bits per heavy atom. The first-order valence-electron chi connectivity index (χ1n) is 16.6. The van der Waals surface area contributed by atoms with Crippen molar-refractivity contribution in [1.82, 2.24) is 31.7 Å². The quantitative estimate of drug-likeness (QED) is 0.0139. The average molecular weight is 725 g/mol. The van der Waals surface area contributed by atoms with Crippen LogP contribution in [0.5, 0.6) is 0 Å². The van der Waals surface area contributed by atoms with E-state index in [9.17, 15) is 29.1 Å². The van der Waals surface area contributed by atoms with Gasteiger partial charge in [-0.25, -0.2) is 5.84 Å². The number of amides is 4. The SMILES string of the molecule is COC(CNC(=O)CN)N[C@@H](Cc1c[nH]c2ccccc12)C(=O)N[C@@H](CCC(=O)O)C(=O)NCCOCCOCCOCCOCCC(=O)NN. The van der Waals surface area contributed by atoms with Gasteiger partial charge in [-0.1, -0.05) is 18.2 Å². The van der Waals surface area contributed by atoms with Crippen molar-refractivity contribution >= 4 is 40.5 Å². The predicted octanol–water partition coefficient (Wildman–Crippen LogP) is -2.37. The van der Waals surface area contributed by atoms with E-state index in [0.29, 0.717) is 33.0 Å². The van der Waals surface area contributed by atoms with E-state index in [2.05, 4.69) is 26.3 Å². The number of para-hydroxylation sites is 1. The van der Waals surface area contributed by atoms with Crippen molar-refractivity contribution in [2.45, 2.75) is 44.0 Å². The number of carboxylic acids is 1. The number of carbonyl (C=O) groups excluding carboxylic acids is 4. The first kappa shape index (κ1) is 43.0. The Morgan fingerprint density at radius 1 is 0.824 bits per heavy atom. The van der Waals surface area contributed by atoms with Crippen molar-refractivity contribution in [1.29, 1.82) is 0 Å². The summed E-state index contributed by atoms with van der Waals surface area (Å²) in [5.74, 6) is 2.01. The van der Waals surface area contributed by atoms with Gasteiger partial charge in [0.2, 0.25) is 23.6 Å². The summed E-state index contributed by atoms with van der Waals surface area (Å²) in [6.07, 6.45) is 0.841. The molecular weight excluding hydrogens is 672 g/mol. The number of H-pyrrole nitrogens is 1. The molecule has 0 radical (unpaired) electrons. The fourth-order valence-corrected chi connectivity index (χ4v) is 4.64. The molecule has 19 heteroatoms. The van der Waals surface area contributed by atoms with Gasteiger partial charge in [0.15, 0.2) is 0 Å². The number of aromatic amines is 1. The minimum atomic E-state index is -1.15. The Balaban J connectivity index is 1.84. The molecule has 3 atom stereocenters. The topological polar surface area (TPSA) is 280 Å². The van der Waals surface area contributed by atoms with E-state index in [1.165, 1.54) is 7.11 Å². The van der Waals surface area contributed by atoms with Gasteiger partial charge in [-0.3, -0.25) is 34.7 Å². The summed E-state index contributed by atoms with van der Waals surface area (Å²) in [6, 6.07) is 5.47. The van der Waals surface area contributed by atoms with Gasteiger partial charge < -0.3 is 55.5 Å². The third kappa shape index (κ3) is 18.0. The number of hydrogen-bond donors (Lipinski definition) is 9. The molecule has 286 valence electrons. The second kappa shape index (κ2) is 25.7. The van der Waals surface area contributed by atoms with Gasteiger partial charge in [-0.15, -0.1) is 0 Å². The van der Waals surface area contributed by atoms with Crippen molar-refractivity contribution in [3.05, 3.63) is 36.0 Å². The smallest absolute Gasteiger partial charge is 0.303 e. The van der Waals surface area contributed by atoms with Crippen LogP contribution in [0.1, 0.15) is 24.8 Å². The van der Waals surface area contributed by atoms with Gasteiger partial charge in [-0.05, 0) is 24.5 Å². The van der Waals surface area contributed by atoms with Crippen LogP contribution in [0.4, 0.5) is 0 Å². The lowest BCUT2D eigenvalue weighted by molar-refractivity contribution is -0.138. The molecule has 0 aliphatic heterocycles. The van der Waals surface area contributed by atoms with Crippen molar-refractivity contribution < 1.29 is 52.8 Å². The number of benzene rings is 1. The molecule has 0 saturated heterocycles. The molecule has 51 heavy (non-hydrogen) atoms. The number of hydrazine groups is 1. The van der Waals surface area contributed by atoms with Crippen LogP contribution >= 0.6 is 0 Å². The summed E-state index contributed by atoms with van der Waals surface area (Å²) in [4.78, 5) is 64.1. The monoisotopic (exact) mass is 724 g/mol. The van der Waals surface area contributed by atoms with Crippen LogP contribution in [-0.4, -0.2) is 138 Å². The number of methoxy groups -OCH3 is 1. The van der Waals surface area contributed by atoms with Gasteiger partial charge in [0.05, 0.1) is 78.4 Å². The molecule has 0 fully saturated rings. The number of carboxylic acid groups (broad SMARTS) is 1. The summed E-state index contributed by atoms with van der Waals surface area (Å²) < 4.78 is 27.0. The Morgan fingerprint density at radius 3 is 2.10 bits per heavy atom. The maximum absolute atomic E-state index is 13.7. The van der Waals surface area contributed by atoms with E-state index >= 15 is 0 Å². The van der Waals surface area contributed by atoms with E-state index in [1.807, 2.05) is 29.7 Å². The molecule has 2 rings (SSSR count). The van der Waals surface area contributed by atoms with Crippen LogP contribution in [0.3, 0.4) is 0 Å². The van der Waals surface area contributed by atoms with E-state index in [4.69, 9.17) is 35.3 Å². The highest BCUT2D eigenvalue weighted by molar-refractivity contribution is 5.91. The number of hydrogen-bond acceptors (Lipinski definition) is 13. The van der Waals surface area contributed by atoms with Crippen LogP contribution in [0.2, 0.25) is 0 Å². The Hall–Kier alpha value is -4.21. The van der Waals surface area contributed by atoms with Gasteiger partial charge in [-0.2, -0.15) is 0 Å². The van der Waals surface area contributed by atoms with Crippen molar-refractivity contribution in [2.24, 2.45) is 11.6 Å². The zero-order valence-corrected chi connectivity index (χ0v) is 28.9. The predicted molar refractivity (Wildman–Crippen MR) is 184 cm³/mol. The van der Waals surface area contributed by atoms with Crippen LogP contribution in [-0.2, 0) is 54.1 Å². The Bertz CT molecular complexity index is 1350. The standard InChI is InChI=1S/C32H52N8O11/c1-47-29(21-37-28(42)19-33)38-26(18-22-20-36-24-5-3-2-4-23(22)24)32(46)39-25(6-7-30(43)44)31(45)35-9-11-49-13-15-51-17-16-50-14-12-48-10-8-27(41)40-34/h2-5,20,25-26,29,36,38H,6-19,21,33-34H2,1H3,(H,35,45)(H,37,42)(H,39,46)(H,40,41)(H,43,44)/t25-,26-,29?/m0/s1. The Kier molecular flexibility index (Phi) is 21.6. The molecule has 1 heterocycles. The third-order valence-electron chi connectivity index (χ3n) is 7.33. The Labute approximate surface area is 296 Å². The van der Waals surface area contributed by atoms with Gasteiger partial charge in [0.25, 0.3) is 0 Å². The second-order valence-electron chi connectivity index (χ2n) is 11.1. The van der Waals surface area contributed by atoms with Crippen molar-refractivity contribution in [3.8, 4) is 0 Å². The first-order chi connectivity index (χ1) is 24.7. The largest absolute Gasteiger partial charge is 0.481 e. The number of ether oxygens (including phenoxy) is 5. The van der Waals surface area contributed by atoms with Crippen LogP contribution < -0.4 is 38.3 Å². The minimum Gasteiger partial charge on any atom is -0.481 e. The molecule has 4 amide bonds. The molecule has 0 spiro atoms. The molecular formula is C32H52N8O11. The van der Waals surface area contributed by atoms with Crippen LogP contribution in [0.15, 0.2) is 30.5 Å². The number of nitrogens with one attached hydrogen (secondary N) is 6. The van der Waals surface area contributed by atoms with Gasteiger partial charge in [0.1, 0.15) is 12.3 Å². The van der Waals surface area contributed by atoms with E-state index in [-0.39, 0.29) is 71.0 Å². The van der Waals surface area contributed by atoms with Crippen molar-refractivity contribution in [3.63, 3.8) is 0 Å². The maximum Gasteiger partial charge on any atom is 0.303 e. The molecule has 1 aromatic carbocycles. The lowest BCUT2D eigenvalue weighted by atomic mass is 10.0. The lowest BCUT2D eigenvalue weighted by Crippen LogP contribution is -2.57. The molecule has 0 bridgehead atoms. The summed E-state index contributed by atoms with van der Waals surface area (Å²) in [5.41, 5.74) is 9.09. The van der Waals surface area contributed by atoms with Crippen LogP contribution in [0.25, 0.3) is 10.9 Å². The number of aromatic nitrogens is 1. The van der Waals surface area contributed by atoms with Gasteiger partial charge in [0, 0.05) is 37.2 Å². The highest BCUT2D eigenvalue weighted by Crippen LogP contribution is 2.19. The average Bonchev–Trinajstić information content (AvgIpc) is 3.54. The molecule has 0 aliphatic rings. The number of nitrogens with two attached hydrogens (primary N) is 2. The minimum absolute atomic E-state index is 0.0148. The lowest BCUT2D eigenvalue weighted by Gasteiger charge is -2.26. The second-order valence-corrected chi connectivity index (χ2v) is 11.1. The normalized spacial score (nSPS) is 12.9. The molecule has 0 saturated carbocycles. The number of fused-ring (bicyclic) bond motifs is 1. The fraction of sp³-hybridized carbons (Fsp3) is 0.594. The highest BCUT2D eigenvalue weighted by Gasteiger charge is 2.29. The zero-order valence-electron chi connectivity index (χ0n) is 28.9. The molecule has 19 nitrogen and oxygen atoms in total. The summed E-state index contributed by atoms with van der Waals surface area (Å²) in [6.45, 7) is 2.23. The zero-order chi connectivity index (χ0) is 37.3. The molecule has 0 aliphatic carbocycles. The van der Waals surface area contributed by atoms with E-state index in [0.717, 1.165) is 16.5 Å². The number of rotatable bonds is 29. The summed E-state index contributed by atoms with van der Waals surface area (Å²) in [7, 11) is 1.41. The van der Waals surface area contributed by atoms with Crippen LogP contribution in [0, 0.1) is 0 Å². The molecule has 1 unspecified atom stereocenters. The first-order valence-corrected chi connectivity index (χ1v) is 16.6. The molecule has 2 aromatic rings. The summed E-state index contributed by atoms with van der Waals surface area (Å²) >= 11 is 0. The van der Waals surface area contributed by atoms with E-state index < -0.39 is 42.0 Å². The summed E-state index contributed by atoms with van der Waals surface area (Å²) in [5, 5.41) is 21.3. The number of carbonyl (C=O) groups is 5. The van der Waals surface area contributed by atoms with Crippen molar-refractivity contribution in [2.75, 3.05) is 79.6 Å². The maximum atomic E-state index is 13.7. The fourth-order valence-electron chi connectivity index (χ4n) is 4.64. The van der Waals surface area contributed by atoms with Gasteiger partial charge >= 0.3 is 5.97 Å². The third-order valence-corrected chi connectivity index (χ3v) is 7.33. The molecule has 1 aromatic heterocycles. The highest BCUT2D eigenvalue weighted by atomic mass is 16.6.